The lowest BCUT2D eigenvalue weighted by atomic mass is 9.71. The van der Waals surface area contributed by atoms with Crippen molar-refractivity contribution in [1.82, 2.24) is 0 Å². The Bertz CT molecular complexity index is 1400. The van der Waals surface area contributed by atoms with Gasteiger partial charge >= 0.3 is 0 Å². The number of alkyl halides is 1. The predicted octanol–water partition coefficient (Wildman–Crippen LogP) is 3.81. The molecule has 0 spiro atoms. The molecule has 9 nitrogen and oxygen atoms in total. The number of phenols is 2. The number of Topliss-reactive ketones (excluding diaryl/α,β-unsaturated/α-hetero) is 1. The number of halogens is 1. The molecular weight excluding hydrogens is 631 g/mol. The minimum Gasteiger partial charge on any atom is -0.507 e. The molecule has 0 saturated heterocycles. The minimum absolute atomic E-state index is 0.00500. The molecular formula is C30H33IO9. The molecule has 1 fully saturated rings. The lowest BCUT2D eigenvalue weighted by Gasteiger charge is -2.43. The number of ketones is 3. The maximum atomic E-state index is 13.7. The summed E-state index contributed by atoms with van der Waals surface area (Å²) in [6.07, 6.45) is -0.603. The highest BCUT2D eigenvalue weighted by atomic mass is 127. The number of phenolic OH excluding ortho intramolecular Hbond substituents is 2. The van der Waals surface area contributed by atoms with Crippen LogP contribution in [0.1, 0.15) is 88.6 Å². The van der Waals surface area contributed by atoms with E-state index < -0.39 is 46.7 Å². The second-order valence-electron chi connectivity index (χ2n) is 11.3. The number of carbonyl (C=O) groups is 3. The number of fused-ring (bicyclic) bond motifs is 3. The first-order chi connectivity index (χ1) is 18.9. The van der Waals surface area contributed by atoms with E-state index in [4.69, 9.17) is 9.47 Å². The lowest BCUT2D eigenvalue weighted by molar-refractivity contribution is -0.148. The van der Waals surface area contributed by atoms with Crippen LogP contribution in [-0.4, -0.2) is 67.1 Å². The van der Waals surface area contributed by atoms with E-state index in [-0.39, 0.29) is 69.9 Å². The topological polar surface area (TPSA) is 151 Å². The largest absolute Gasteiger partial charge is 0.507 e. The summed E-state index contributed by atoms with van der Waals surface area (Å²) in [5, 5.41) is 45.1. The monoisotopic (exact) mass is 664 g/mol. The van der Waals surface area contributed by atoms with Gasteiger partial charge in [-0.25, -0.2) is 0 Å². The standard InChI is InChI=1S/C30H33IO9/c1-13-9-16(10-15(7-8-31)25(13)33)40-20-12-30(38,14(2)32)11-18-22(20)29(37)24-23(27(18)35)26(34)17-5-4-6-19(39-3)21(17)28(24)36/h4-6,13,15-16,20,25,33,35,37-38H,7-12H2,1-3H3/t13?,15?,16?,20-,25?,30-/m0/s1. The molecule has 10 heteroatoms. The van der Waals surface area contributed by atoms with Gasteiger partial charge in [-0.15, -0.1) is 0 Å². The number of rotatable bonds is 6. The van der Waals surface area contributed by atoms with Gasteiger partial charge in [0.15, 0.2) is 11.6 Å². The summed E-state index contributed by atoms with van der Waals surface area (Å²) in [4.78, 5) is 39.9. The smallest absolute Gasteiger partial charge is 0.202 e. The Balaban J connectivity index is 1.65. The van der Waals surface area contributed by atoms with Gasteiger partial charge < -0.3 is 29.9 Å². The van der Waals surface area contributed by atoms with Crippen molar-refractivity contribution in [2.24, 2.45) is 11.8 Å². The molecule has 4 N–H and O–H groups in total. The molecule has 214 valence electrons. The van der Waals surface area contributed by atoms with Crippen LogP contribution in [0.15, 0.2) is 18.2 Å². The molecule has 2 aromatic carbocycles. The molecule has 3 aliphatic carbocycles. The van der Waals surface area contributed by atoms with Crippen LogP contribution in [0.4, 0.5) is 0 Å². The number of ether oxygens (including phenoxy) is 2. The van der Waals surface area contributed by atoms with Gasteiger partial charge in [0.1, 0.15) is 22.8 Å². The number of benzene rings is 2. The summed E-state index contributed by atoms with van der Waals surface area (Å²) in [6, 6.07) is 4.53. The maximum Gasteiger partial charge on any atom is 0.202 e. The van der Waals surface area contributed by atoms with Gasteiger partial charge in [-0.1, -0.05) is 41.6 Å². The van der Waals surface area contributed by atoms with Crippen LogP contribution in [0.3, 0.4) is 0 Å². The fourth-order valence-corrected chi connectivity index (χ4v) is 7.47. The van der Waals surface area contributed by atoms with E-state index in [0.29, 0.717) is 12.8 Å². The molecule has 0 amide bonds. The number of carbonyl (C=O) groups excluding carboxylic acids is 3. The molecule has 0 radical (unpaired) electrons. The molecule has 0 aliphatic heterocycles. The summed E-state index contributed by atoms with van der Waals surface area (Å²) in [5.74, 6) is -2.88. The van der Waals surface area contributed by atoms with E-state index in [1.165, 1.54) is 26.2 Å². The number of methoxy groups -OCH3 is 1. The summed E-state index contributed by atoms with van der Waals surface area (Å²) in [5.41, 5.74) is -2.54. The molecule has 6 atom stereocenters. The number of aliphatic hydroxyl groups excluding tert-OH is 1. The third kappa shape index (κ3) is 4.53. The Morgan fingerprint density at radius 1 is 1.10 bits per heavy atom. The molecule has 0 bridgehead atoms. The first-order valence-electron chi connectivity index (χ1n) is 13.4. The van der Waals surface area contributed by atoms with Gasteiger partial charge in [-0.2, -0.15) is 0 Å². The predicted molar refractivity (Wildman–Crippen MR) is 153 cm³/mol. The van der Waals surface area contributed by atoms with Gasteiger partial charge in [0.25, 0.3) is 0 Å². The third-order valence-electron chi connectivity index (χ3n) is 8.83. The Morgan fingerprint density at radius 2 is 1.80 bits per heavy atom. The van der Waals surface area contributed by atoms with E-state index in [0.717, 1.165) is 10.8 Å². The first kappa shape index (κ1) is 29.0. The zero-order valence-electron chi connectivity index (χ0n) is 22.6. The molecule has 40 heavy (non-hydrogen) atoms. The highest BCUT2D eigenvalue weighted by Gasteiger charge is 2.49. The number of aliphatic hydroxyl groups is 2. The van der Waals surface area contributed by atoms with Crippen LogP contribution < -0.4 is 4.74 Å². The highest BCUT2D eigenvalue weighted by Crippen LogP contribution is 2.53. The Labute approximate surface area is 245 Å². The van der Waals surface area contributed by atoms with Gasteiger partial charge in [-0.05, 0) is 48.5 Å². The summed E-state index contributed by atoms with van der Waals surface area (Å²) in [6.45, 7) is 3.18. The van der Waals surface area contributed by atoms with Gasteiger partial charge in [0.05, 0.1) is 42.1 Å². The maximum absolute atomic E-state index is 13.7. The lowest BCUT2D eigenvalue weighted by Crippen LogP contribution is -2.46. The van der Waals surface area contributed by atoms with Gasteiger partial charge in [0.2, 0.25) is 5.78 Å². The molecule has 0 heterocycles. The van der Waals surface area contributed by atoms with Crippen molar-refractivity contribution in [3.63, 3.8) is 0 Å². The number of hydrogen-bond acceptors (Lipinski definition) is 9. The van der Waals surface area contributed by atoms with Crippen LogP contribution >= 0.6 is 22.6 Å². The van der Waals surface area contributed by atoms with Crippen LogP contribution in [0.25, 0.3) is 0 Å². The molecule has 4 unspecified atom stereocenters. The number of hydrogen-bond donors (Lipinski definition) is 4. The van der Waals surface area contributed by atoms with Crippen LogP contribution in [-0.2, 0) is 16.0 Å². The quantitative estimate of drug-likeness (QED) is 0.175. The van der Waals surface area contributed by atoms with E-state index in [9.17, 15) is 34.8 Å². The van der Waals surface area contributed by atoms with Crippen molar-refractivity contribution >= 4 is 39.9 Å². The number of aromatic hydroxyl groups is 2. The molecule has 3 aliphatic rings. The fraction of sp³-hybridized carbons (Fsp3) is 0.500. The van der Waals surface area contributed by atoms with Crippen molar-refractivity contribution < 1.29 is 44.3 Å². The van der Waals surface area contributed by atoms with Crippen LogP contribution in [0.2, 0.25) is 0 Å². The second-order valence-corrected chi connectivity index (χ2v) is 12.4. The molecule has 1 saturated carbocycles. The molecule has 2 aromatic rings. The van der Waals surface area contributed by atoms with Gasteiger partial charge in [-0.3, -0.25) is 14.4 Å². The van der Waals surface area contributed by atoms with Crippen molar-refractivity contribution in [2.45, 2.75) is 69.9 Å². The normalized spacial score (nSPS) is 29.4. The highest BCUT2D eigenvalue weighted by molar-refractivity contribution is 14.1. The molecule has 5 rings (SSSR count). The summed E-state index contributed by atoms with van der Waals surface area (Å²) in [7, 11) is 1.37. The van der Waals surface area contributed by atoms with Crippen LogP contribution in [0.5, 0.6) is 17.2 Å². The summed E-state index contributed by atoms with van der Waals surface area (Å²) >= 11 is 2.27. The summed E-state index contributed by atoms with van der Waals surface area (Å²) < 4.78 is 12.7. The second kappa shape index (κ2) is 10.7. The third-order valence-corrected chi connectivity index (χ3v) is 9.46. The molecule has 0 aromatic heterocycles. The minimum atomic E-state index is -1.92. The van der Waals surface area contributed by atoms with E-state index in [2.05, 4.69) is 22.6 Å². The fourth-order valence-electron chi connectivity index (χ4n) is 6.67. The van der Waals surface area contributed by atoms with Crippen molar-refractivity contribution in [2.75, 3.05) is 11.5 Å². The zero-order chi connectivity index (χ0) is 29.1. The van der Waals surface area contributed by atoms with Crippen molar-refractivity contribution in [3.8, 4) is 17.2 Å². The first-order valence-corrected chi connectivity index (χ1v) is 15.0. The van der Waals surface area contributed by atoms with Crippen molar-refractivity contribution in [3.05, 3.63) is 51.6 Å². The zero-order valence-corrected chi connectivity index (χ0v) is 24.7. The average molecular weight is 664 g/mol. The van der Waals surface area contributed by atoms with E-state index in [1.54, 1.807) is 6.07 Å². The van der Waals surface area contributed by atoms with E-state index in [1.807, 2.05) is 6.92 Å². The average Bonchev–Trinajstić information content (AvgIpc) is 2.91. The Kier molecular flexibility index (Phi) is 7.75. The SMILES string of the molecule is COc1cccc2c1C(=O)c1c(O)c3c(c(O)c1C2=O)C[C@@](O)(C(C)=O)C[C@@H]3OC1CC(C)C(O)C(CCI)C1. The van der Waals surface area contributed by atoms with Crippen molar-refractivity contribution in [1.29, 1.82) is 0 Å². The Morgan fingerprint density at radius 3 is 2.45 bits per heavy atom. The van der Waals surface area contributed by atoms with E-state index >= 15 is 0 Å². The Hall–Kier alpha value is -2.54. The van der Waals surface area contributed by atoms with Crippen LogP contribution in [0, 0.1) is 11.8 Å². The van der Waals surface area contributed by atoms with Gasteiger partial charge in [0, 0.05) is 29.5 Å².